The first-order chi connectivity index (χ1) is 13.3. The molecule has 0 spiro atoms. The third kappa shape index (κ3) is 4.32. The minimum absolute atomic E-state index is 0.556. The highest BCUT2D eigenvalue weighted by Gasteiger charge is 2.17. The van der Waals surface area contributed by atoms with Crippen LogP contribution in [0.5, 0.6) is 11.5 Å². The first kappa shape index (κ1) is 18.6. The van der Waals surface area contributed by atoms with Gasteiger partial charge in [0.2, 0.25) is 11.7 Å². The van der Waals surface area contributed by atoms with E-state index in [4.69, 9.17) is 18.9 Å². The van der Waals surface area contributed by atoms with E-state index >= 15 is 0 Å². The molecule has 2 aromatic carbocycles. The van der Waals surface area contributed by atoms with Gasteiger partial charge in [0.05, 0.1) is 14.2 Å². The lowest BCUT2D eigenvalue weighted by molar-refractivity contribution is 0.355. The van der Waals surface area contributed by atoms with Gasteiger partial charge in [0.15, 0.2) is 11.5 Å². The third-order valence-corrected chi connectivity index (χ3v) is 4.16. The molecule has 0 aliphatic carbocycles. The summed E-state index contributed by atoms with van der Waals surface area (Å²) in [7, 11) is 3.23. The van der Waals surface area contributed by atoms with Gasteiger partial charge in [0.25, 0.3) is 0 Å². The number of unbranched alkanes of at least 4 members (excludes halogenated alkanes) is 2. The van der Waals surface area contributed by atoms with E-state index in [-0.39, 0.29) is 0 Å². The lowest BCUT2D eigenvalue weighted by atomic mass is 10.1. The minimum Gasteiger partial charge on any atom is -0.493 e. The third-order valence-electron chi connectivity index (χ3n) is 4.16. The number of benzene rings is 2. The Morgan fingerprint density at radius 1 is 0.963 bits per heavy atom. The molecule has 0 unspecified atom stereocenters. The zero-order valence-electron chi connectivity index (χ0n) is 15.9. The van der Waals surface area contributed by atoms with Gasteiger partial charge in [-0.15, -0.1) is 0 Å². The first-order valence-electron chi connectivity index (χ1n) is 9.04. The van der Waals surface area contributed by atoms with Gasteiger partial charge in [0.1, 0.15) is 5.69 Å². The van der Waals surface area contributed by atoms with Gasteiger partial charge < -0.3 is 13.9 Å². The number of aromatic nitrogens is 1. The normalized spacial score (nSPS) is 10.2. The highest BCUT2D eigenvalue weighted by molar-refractivity contribution is 5.71. The molecule has 138 valence electrons. The predicted octanol–water partition coefficient (Wildman–Crippen LogP) is 5.57. The fraction of sp³-hybridized carbons (Fsp3) is 0.261. The molecule has 1 aromatic heterocycles. The first-order valence-corrected chi connectivity index (χ1v) is 9.04. The summed E-state index contributed by atoms with van der Waals surface area (Å²) in [6.45, 7) is 2.15. The second kappa shape index (κ2) is 8.95. The monoisotopic (exact) mass is 361 g/mol. The standard InChI is InChI=1S/C23H23NO3/c1-4-5-6-10-13-20-22(18-14-15-19(25-2)21(16-18)26-3)24-23(27-20)17-11-8-7-9-12-17/h7-9,11-12,14-16H,4-6H2,1-3H3. The molecular formula is C23H23NO3. The van der Waals surface area contributed by atoms with E-state index < -0.39 is 0 Å². The van der Waals surface area contributed by atoms with Crippen molar-refractivity contribution in [2.45, 2.75) is 26.2 Å². The Labute approximate surface area is 160 Å². The molecule has 3 rings (SSSR count). The zero-order valence-corrected chi connectivity index (χ0v) is 15.9. The average Bonchev–Trinajstić information content (AvgIpc) is 3.15. The largest absolute Gasteiger partial charge is 0.493 e. The van der Waals surface area contributed by atoms with E-state index in [0.717, 1.165) is 30.4 Å². The molecule has 0 bridgehead atoms. The van der Waals surface area contributed by atoms with E-state index in [0.29, 0.717) is 28.8 Å². The van der Waals surface area contributed by atoms with E-state index in [1.165, 1.54) is 0 Å². The van der Waals surface area contributed by atoms with E-state index in [9.17, 15) is 0 Å². The highest BCUT2D eigenvalue weighted by atomic mass is 16.5. The number of nitrogens with zero attached hydrogens (tertiary/aromatic N) is 1. The van der Waals surface area contributed by atoms with Crippen LogP contribution in [0, 0.1) is 11.8 Å². The van der Waals surface area contributed by atoms with E-state index in [1.54, 1.807) is 14.2 Å². The second-order valence-corrected chi connectivity index (χ2v) is 6.04. The lowest BCUT2D eigenvalue weighted by Crippen LogP contribution is -1.91. The topological polar surface area (TPSA) is 44.5 Å². The van der Waals surface area contributed by atoms with Gasteiger partial charge in [-0.25, -0.2) is 4.98 Å². The van der Waals surface area contributed by atoms with Crippen LogP contribution in [0.3, 0.4) is 0 Å². The van der Waals surface area contributed by atoms with Crippen LogP contribution in [0.1, 0.15) is 31.9 Å². The van der Waals surface area contributed by atoms with Gasteiger partial charge >= 0.3 is 0 Å². The van der Waals surface area contributed by atoms with Crippen molar-refractivity contribution < 1.29 is 13.9 Å². The molecule has 0 saturated carbocycles. The molecule has 0 N–H and O–H groups in total. The van der Waals surface area contributed by atoms with Crippen LogP contribution in [0.25, 0.3) is 22.7 Å². The van der Waals surface area contributed by atoms with Crippen LogP contribution >= 0.6 is 0 Å². The number of methoxy groups -OCH3 is 2. The van der Waals surface area contributed by atoms with Crippen molar-refractivity contribution in [3.05, 3.63) is 54.3 Å². The number of rotatable bonds is 6. The van der Waals surface area contributed by atoms with Crippen molar-refractivity contribution in [2.24, 2.45) is 0 Å². The Morgan fingerprint density at radius 3 is 2.44 bits per heavy atom. The number of ether oxygens (including phenoxy) is 2. The molecule has 0 amide bonds. The summed E-state index contributed by atoms with van der Waals surface area (Å²) < 4.78 is 16.8. The molecule has 4 nitrogen and oxygen atoms in total. The Morgan fingerprint density at radius 2 is 1.74 bits per heavy atom. The van der Waals surface area contributed by atoms with Gasteiger partial charge in [-0.1, -0.05) is 37.5 Å². The molecular weight excluding hydrogens is 338 g/mol. The van der Waals surface area contributed by atoms with E-state index in [1.807, 2.05) is 48.5 Å². The Kier molecular flexibility index (Phi) is 6.17. The van der Waals surface area contributed by atoms with Crippen LogP contribution in [0.15, 0.2) is 52.9 Å². The van der Waals surface area contributed by atoms with Gasteiger partial charge in [-0.05, 0) is 42.7 Å². The van der Waals surface area contributed by atoms with Gasteiger partial charge in [-0.3, -0.25) is 0 Å². The quantitative estimate of drug-likeness (QED) is 0.425. The fourth-order valence-corrected chi connectivity index (χ4v) is 2.70. The smallest absolute Gasteiger partial charge is 0.228 e. The average molecular weight is 361 g/mol. The van der Waals surface area contributed by atoms with Crippen LogP contribution in [-0.4, -0.2) is 19.2 Å². The molecule has 1 heterocycles. The molecule has 0 saturated heterocycles. The zero-order chi connectivity index (χ0) is 19.1. The van der Waals surface area contributed by atoms with Gasteiger partial charge in [-0.2, -0.15) is 0 Å². The summed E-state index contributed by atoms with van der Waals surface area (Å²) in [5.41, 5.74) is 2.50. The lowest BCUT2D eigenvalue weighted by Gasteiger charge is -2.08. The SMILES string of the molecule is CCCCC#Cc1oc(-c2ccccc2)nc1-c1ccc(OC)c(OC)c1. The summed E-state index contributed by atoms with van der Waals surface area (Å²) in [5.74, 6) is 8.78. The predicted molar refractivity (Wildman–Crippen MR) is 107 cm³/mol. The molecule has 0 aliphatic rings. The number of hydrogen-bond donors (Lipinski definition) is 0. The minimum atomic E-state index is 0.556. The molecule has 0 atom stereocenters. The van der Waals surface area contributed by atoms with Crippen molar-refractivity contribution in [1.29, 1.82) is 0 Å². The van der Waals surface area contributed by atoms with Crippen LogP contribution < -0.4 is 9.47 Å². The molecule has 3 aromatic rings. The second-order valence-electron chi connectivity index (χ2n) is 6.04. The van der Waals surface area contributed by atoms with Crippen molar-refractivity contribution >= 4 is 0 Å². The summed E-state index contributed by atoms with van der Waals surface area (Å²) in [6, 6.07) is 15.5. The van der Waals surface area contributed by atoms with Crippen LogP contribution in [0.4, 0.5) is 0 Å². The number of oxazole rings is 1. The summed E-state index contributed by atoms with van der Waals surface area (Å²) in [4.78, 5) is 4.71. The summed E-state index contributed by atoms with van der Waals surface area (Å²) in [5, 5.41) is 0. The maximum Gasteiger partial charge on any atom is 0.228 e. The van der Waals surface area contributed by atoms with Crippen LogP contribution in [-0.2, 0) is 0 Å². The van der Waals surface area contributed by atoms with Crippen molar-refractivity contribution in [2.75, 3.05) is 14.2 Å². The summed E-state index contributed by atoms with van der Waals surface area (Å²) in [6.07, 6.45) is 3.02. The summed E-state index contributed by atoms with van der Waals surface area (Å²) >= 11 is 0. The molecule has 0 radical (unpaired) electrons. The van der Waals surface area contributed by atoms with E-state index in [2.05, 4.69) is 18.8 Å². The van der Waals surface area contributed by atoms with Crippen molar-refractivity contribution in [3.8, 4) is 46.1 Å². The highest BCUT2D eigenvalue weighted by Crippen LogP contribution is 2.34. The van der Waals surface area contributed by atoms with Gasteiger partial charge in [0, 0.05) is 17.5 Å². The fourth-order valence-electron chi connectivity index (χ4n) is 2.70. The van der Waals surface area contributed by atoms with Crippen molar-refractivity contribution in [1.82, 2.24) is 4.98 Å². The Balaban J connectivity index is 2.06. The van der Waals surface area contributed by atoms with Crippen LogP contribution in [0.2, 0.25) is 0 Å². The Bertz CT molecular complexity index is 949. The Hall–Kier alpha value is -3.19. The molecule has 0 aliphatic heterocycles. The maximum absolute atomic E-state index is 6.01. The molecule has 4 heteroatoms. The molecule has 27 heavy (non-hydrogen) atoms. The van der Waals surface area contributed by atoms with Crippen molar-refractivity contribution in [3.63, 3.8) is 0 Å². The number of hydrogen-bond acceptors (Lipinski definition) is 4. The maximum atomic E-state index is 6.01. The molecule has 0 fully saturated rings.